The normalized spacial score (nSPS) is 29.7. The first-order valence-electron chi connectivity index (χ1n) is 10.2. The van der Waals surface area contributed by atoms with E-state index in [1.165, 1.54) is 37.8 Å². The molecule has 2 fully saturated rings. The van der Waals surface area contributed by atoms with Crippen LogP contribution in [-0.2, 0) is 4.79 Å². The quantitative estimate of drug-likeness (QED) is 0.793. The van der Waals surface area contributed by atoms with Gasteiger partial charge in [0.25, 0.3) is 0 Å². The summed E-state index contributed by atoms with van der Waals surface area (Å²) in [7, 11) is 0. The maximum absolute atomic E-state index is 13.4. The number of nitrogens with zero attached hydrogens (tertiary/aromatic N) is 1. The van der Waals surface area contributed by atoms with E-state index in [1.54, 1.807) is 12.3 Å². The molecular weight excluding hydrogens is 351 g/mol. The van der Waals surface area contributed by atoms with Gasteiger partial charge in [-0.05, 0) is 60.4 Å². The predicted octanol–water partition coefficient (Wildman–Crippen LogP) is 5.22. The van der Waals surface area contributed by atoms with E-state index in [0.717, 1.165) is 23.2 Å². The molecule has 0 spiro atoms. The fourth-order valence-corrected chi connectivity index (χ4v) is 5.28. The number of carbonyl (C=O) groups is 1. The highest BCUT2D eigenvalue weighted by Crippen LogP contribution is 2.56. The van der Waals surface area contributed by atoms with E-state index in [2.05, 4.69) is 11.1 Å². The molecule has 1 amide bonds. The van der Waals surface area contributed by atoms with Crippen LogP contribution in [0.15, 0.2) is 48.7 Å². The lowest BCUT2D eigenvalue weighted by Gasteiger charge is -2.31. The summed E-state index contributed by atoms with van der Waals surface area (Å²) >= 11 is 0. The van der Waals surface area contributed by atoms with E-state index in [9.17, 15) is 9.18 Å². The van der Waals surface area contributed by atoms with Crippen molar-refractivity contribution in [1.29, 1.82) is 0 Å². The van der Waals surface area contributed by atoms with E-state index in [4.69, 9.17) is 5.73 Å². The van der Waals surface area contributed by atoms with Gasteiger partial charge in [-0.2, -0.15) is 0 Å². The highest BCUT2D eigenvalue weighted by atomic mass is 19.1. The van der Waals surface area contributed by atoms with Crippen LogP contribution in [0.5, 0.6) is 0 Å². The van der Waals surface area contributed by atoms with Crippen LogP contribution in [0.1, 0.15) is 44.7 Å². The van der Waals surface area contributed by atoms with Gasteiger partial charge in [-0.25, -0.2) is 4.39 Å². The van der Waals surface area contributed by atoms with Crippen LogP contribution in [0.4, 0.5) is 4.39 Å². The second-order valence-electron chi connectivity index (χ2n) is 8.56. The average Bonchev–Trinajstić information content (AvgIpc) is 2.99. The first-order valence-corrected chi connectivity index (χ1v) is 10.2. The number of fused-ring (bicyclic) bond motifs is 1. The number of allylic oxidation sites excluding steroid dienone is 1. The molecule has 2 aromatic rings. The Morgan fingerprint density at radius 3 is 2.75 bits per heavy atom. The zero-order valence-electron chi connectivity index (χ0n) is 16.3. The summed E-state index contributed by atoms with van der Waals surface area (Å²) in [5, 5.41) is 0. The Bertz CT molecular complexity index is 892. The third kappa shape index (κ3) is 3.48. The Kier molecular flexibility index (Phi) is 5.05. The number of primary amides is 1. The lowest BCUT2D eigenvalue weighted by Crippen LogP contribution is -2.38. The molecule has 0 radical (unpaired) electrons. The summed E-state index contributed by atoms with van der Waals surface area (Å²) in [6.45, 7) is 2.03. The Hall–Kier alpha value is -2.49. The molecule has 0 bridgehead atoms. The van der Waals surface area contributed by atoms with Crippen molar-refractivity contribution < 1.29 is 9.18 Å². The number of hydrogen-bond acceptors (Lipinski definition) is 2. The van der Waals surface area contributed by atoms with Gasteiger partial charge in [-0.3, -0.25) is 9.78 Å². The number of halogens is 1. The molecule has 3 nitrogen and oxygen atoms in total. The summed E-state index contributed by atoms with van der Waals surface area (Å²) in [6, 6.07) is 10.4. The van der Waals surface area contributed by atoms with Crippen LogP contribution < -0.4 is 5.73 Å². The SMILES string of the molecule is C[C@]1(C(N)=O)C[C@H]2CCCC[C@H]2[C@@H]1/C=C/c1ccc(-c2cccc(F)c2)cn1. The second kappa shape index (κ2) is 7.50. The fourth-order valence-electron chi connectivity index (χ4n) is 5.28. The van der Waals surface area contributed by atoms with Gasteiger partial charge >= 0.3 is 0 Å². The van der Waals surface area contributed by atoms with Crippen LogP contribution in [0.3, 0.4) is 0 Å². The summed E-state index contributed by atoms with van der Waals surface area (Å²) < 4.78 is 13.4. The summed E-state index contributed by atoms with van der Waals surface area (Å²) in [5.41, 5.74) is 7.88. The molecule has 28 heavy (non-hydrogen) atoms. The summed E-state index contributed by atoms with van der Waals surface area (Å²) in [5.74, 6) is 0.861. The molecule has 4 heteroatoms. The van der Waals surface area contributed by atoms with Gasteiger partial charge in [0.05, 0.1) is 11.1 Å². The largest absolute Gasteiger partial charge is 0.369 e. The lowest BCUT2D eigenvalue weighted by molar-refractivity contribution is -0.128. The smallest absolute Gasteiger partial charge is 0.223 e. The molecule has 1 aromatic carbocycles. The van der Waals surface area contributed by atoms with Crippen LogP contribution in [0.25, 0.3) is 17.2 Å². The second-order valence-corrected chi connectivity index (χ2v) is 8.56. The van der Waals surface area contributed by atoms with Crippen molar-refractivity contribution in [3.05, 3.63) is 60.2 Å². The van der Waals surface area contributed by atoms with Gasteiger partial charge < -0.3 is 5.73 Å². The molecule has 0 saturated heterocycles. The van der Waals surface area contributed by atoms with Gasteiger partial charge in [0, 0.05) is 11.8 Å². The number of aromatic nitrogens is 1. The Labute approximate surface area is 165 Å². The number of hydrogen-bond donors (Lipinski definition) is 1. The van der Waals surface area contributed by atoms with E-state index in [1.807, 2.05) is 31.2 Å². The minimum atomic E-state index is -0.475. The number of benzene rings is 1. The van der Waals surface area contributed by atoms with Gasteiger partial charge in [-0.1, -0.05) is 50.5 Å². The maximum atomic E-state index is 13.4. The molecule has 2 aliphatic rings. The Balaban J connectivity index is 1.56. The Morgan fingerprint density at radius 1 is 1.21 bits per heavy atom. The van der Waals surface area contributed by atoms with Crippen LogP contribution in [0, 0.1) is 29.0 Å². The molecule has 2 N–H and O–H groups in total. The Morgan fingerprint density at radius 2 is 2.04 bits per heavy atom. The molecule has 1 aromatic heterocycles. The van der Waals surface area contributed by atoms with Gasteiger partial charge in [0.1, 0.15) is 5.82 Å². The van der Waals surface area contributed by atoms with Crippen LogP contribution >= 0.6 is 0 Å². The molecule has 4 rings (SSSR count). The fraction of sp³-hybridized carbons (Fsp3) is 0.417. The highest BCUT2D eigenvalue weighted by molar-refractivity contribution is 5.82. The third-order valence-electron chi connectivity index (χ3n) is 6.83. The zero-order valence-corrected chi connectivity index (χ0v) is 16.3. The van der Waals surface area contributed by atoms with E-state index in [-0.39, 0.29) is 17.6 Å². The number of amides is 1. The van der Waals surface area contributed by atoms with Gasteiger partial charge in [0.15, 0.2) is 0 Å². The van der Waals surface area contributed by atoms with Crippen molar-refractivity contribution >= 4 is 12.0 Å². The average molecular weight is 378 g/mol. The van der Waals surface area contributed by atoms with Crippen molar-refractivity contribution in [2.75, 3.05) is 0 Å². The molecule has 2 aliphatic carbocycles. The molecular formula is C24H27FN2O. The van der Waals surface area contributed by atoms with Crippen molar-refractivity contribution in [1.82, 2.24) is 4.98 Å². The number of nitrogens with two attached hydrogens (primary N) is 1. The molecule has 0 unspecified atom stereocenters. The minimum Gasteiger partial charge on any atom is -0.369 e. The van der Waals surface area contributed by atoms with Crippen LogP contribution in [0.2, 0.25) is 0 Å². The first-order chi connectivity index (χ1) is 13.5. The first kappa shape index (κ1) is 18.9. The molecule has 4 atom stereocenters. The number of rotatable bonds is 4. The highest BCUT2D eigenvalue weighted by Gasteiger charge is 2.52. The maximum Gasteiger partial charge on any atom is 0.223 e. The number of carbonyl (C=O) groups excluding carboxylic acids is 1. The third-order valence-corrected chi connectivity index (χ3v) is 6.83. The predicted molar refractivity (Wildman–Crippen MR) is 110 cm³/mol. The van der Waals surface area contributed by atoms with Crippen molar-refractivity contribution in [2.24, 2.45) is 28.9 Å². The topological polar surface area (TPSA) is 56.0 Å². The summed E-state index contributed by atoms with van der Waals surface area (Å²) in [4.78, 5) is 16.8. The van der Waals surface area contributed by atoms with E-state index >= 15 is 0 Å². The molecule has 1 heterocycles. The number of pyridine rings is 1. The van der Waals surface area contributed by atoms with Crippen molar-refractivity contribution in [3.63, 3.8) is 0 Å². The standard InChI is InChI=1S/C24H27FN2O/c1-24(23(26)28)14-17-5-2-3-8-21(17)22(24)12-11-20-10-9-18(15-27-20)16-6-4-7-19(25)13-16/h4,6-7,9-13,15,17,21-22H,2-3,5,8,14H2,1H3,(H2,26,28)/b12-11+/t17-,21-,22+,24+/m1/s1. The van der Waals surface area contributed by atoms with Gasteiger partial charge in [-0.15, -0.1) is 0 Å². The van der Waals surface area contributed by atoms with E-state index in [0.29, 0.717) is 11.8 Å². The van der Waals surface area contributed by atoms with E-state index < -0.39 is 5.41 Å². The molecule has 2 saturated carbocycles. The van der Waals surface area contributed by atoms with Gasteiger partial charge in [0.2, 0.25) is 5.91 Å². The summed E-state index contributed by atoms with van der Waals surface area (Å²) in [6.07, 6.45) is 11.7. The minimum absolute atomic E-state index is 0.167. The van der Waals surface area contributed by atoms with Crippen molar-refractivity contribution in [3.8, 4) is 11.1 Å². The monoisotopic (exact) mass is 378 g/mol. The molecule has 0 aliphatic heterocycles. The zero-order chi connectivity index (χ0) is 19.7. The van der Waals surface area contributed by atoms with Crippen LogP contribution in [-0.4, -0.2) is 10.9 Å². The lowest BCUT2D eigenvalue weighted by atomic mass is 9.73. The van der Waals surface area contributed by atoms with Crippen molar-refractivity contribution in [2.45, 2.75) is 39.0 Å². The molecule has 146 valence electrons.